The Morgan fingerprint density at radius 1 is 1.22 bits per heavy atom. The predicted molar refractivity (Wildman–Crippen MR) is 104 cm³/mol. The second kappa shape index (κ2) is 9.48. The summed E-state index contributed by atoms with van der Waals surface area (Å²) in [5.41, 5.74) is 1.60. The van der Waals surface area contributed by atoms with E-state index in [0.717, 1.165) is 24.4 Å². The van der Waals surface area contributed by atoms with Crippen LogP contribution in [0.25, 0.3) is 0 Å². The van der Waals surface area contributed by atoms with Crippen molar-refractivity contribution in [2.24, 2.45) is 0 Å². The molecule has 2 aromatic rings. The number of carbonyl (C=O) groups is 1. The highest BCUT2D eigenvalue weighted by Crippen LogP contribution is 2.23. The molecule has 1 saturated heterocycles. The predicted octanol–water partition coefficient (Wildman–Crippen LogP) is 2.19. The number of aliphatic hydroxyl groups is 1. The van der Waals surface area contributed by atoms with E-state index >= 15 is 0 Å². The number of aliphatic hydroxyl groups excluding tert-OH is 1. The number of hydrogen-bond donors (Lipinski definition) is 1. The first-order valence-electron chi connectivity index (χ1n) is 9.48. The largest absolute Gasteiger partial charge is 0.494 e. The lowest BCUT2D eigenvalue weighted by atomic mass is 10.1. The number of carbonyl (C=O) groups excluding carboxylic acids is 1. The summed E-state index contributed by atoms with van der Waals surface area (Å²) in [5, 5.41) is 9.52. The van der Waals surface area contributed by atoms with Crippen molar-refractivity contribution < 1.29 is 14.6 Å². The molecule has 0 spiro atoms. The standard InChI is InChI=1S/C21H27N3O3/c1-2-27-20-9-4-3-7-17(20)15-23-12-13-24(16-18(23)10-14-25)21(26)19-8-5-6-11-22-19/h3-9,11,18,25H,2,10,12-16H2,1H3/t18-/m0/s1. The van der Waals surface area contributed by atoms with E-state index in [-0.39, 0.29) is 18.6 Å². The van der Waals surface area contributed by atoms with E-state index in [4.69, 9.17) is 4.74 Å². The van der Waals surface area contributed by atoms with Crippen molar-refractivity contribution in [2.75, 3.05) is 32.8 Å². The summed E-state index contributed by atoms with van der Waals surface area (Å²) < 4.78 is 5.74. The molecule has 0 unspecified atom stereocenters. The molecule has 6 nitrogen and oxygen atoms in total. The number of amides is 1. The van der Waals surface area contributed by atoms with E-state index in [1.807, 2.05) is 36.1 Å². The first kappa shape index (κ1) is 19.3. The fourth-order valence-corrected chi connectivity index (χ4v) is 3.51. The van der Waals surface area contributed by atoms with E-state index < -0.39 is 0 Å². The third-order valence-electron chi connectivity index (χ3n) is 4.88. The maximum atomic E-state index is 12.7. The number of hydrogen-bond acceptors (Lipinski definition) is 5. The minimum atomic E-state index is -0.0482. The highest BCUT2D eigenvalue weighted by Gasteiger charge is 2.30. The van der Waals surface area contributed by atoms with Gasteiger partial charge in [-0.2, -0.15) is 0 Å². The van der Waals surface area contributed by atoms with Crippen LogP contribution >= 0.6 is 0 Å². The van der Waals surface area contributed by atoms with Crippen LogP contribution in [0, 0.1) is 0 Å². The van der Waals surface area contributed by atoms with Crippen molar-refractivity contribution in [1.29, 1.82) is 0 Å². The number of piperazine rings is 1. The molecule has 27 heavy (non-hydrogen) atoms. The molecule has 144 valence electrons. The number of para-hydroxylation sites is 1. The van der Waals surface area contributed by atoms with E-state index in [9.17, 15) is 9.90 Å². The molecule has 1 amide bonds. The van der Waals surface area contributed by atoms with Crippen LogP contribution in [0.1, 0.15) is 29.4 Å². The molecule has 1 aliphatic heterocycles. The van der Waals surface area contributed by atoms with Crippen LogP contribution in [0.2, 0.25) is 0 Å². The highest BCUT2D eigenvalue weighted by atomic mass is 16.5. The smallest absolute Gasteiger partial charge is 0.272 e. The van der Waals surface area contributed by atoms with Crippen LogP contribution in [0.3, 0.4) is 0 Å². The third-order valence-corrected chi connectivity index (χ3v) is 4.88. The van der Waals surface area contributed by atoms with Gasteiger partial charge in [0, 0.05) is 50.6 Å². The molecular formula is C21H27N3O3. The summed E-state index contributed by atoms with van der Waals surface area (Å²) >= 11 is 0. The SMILES string of the molecule is CCOc1ccccc1CN1CCN(C(=O)c2ccccn2)C[C@@H]1CCO. The Bertz CT molecular complexity index is 738. The maximum absolute atomic E-state index is 12.7. The van der Waals surface area contributed by atoms with E-state index in [1.165, 1.54) is 0 Å². The zero-order valence-corrected chi connectivity index (χ0v) is 15.8. The van der Waals surface area contributed by atoms with Gasteiger partial charge in [0.25, 0.3) is 5.91 Å². The Morgan fingerprint density at radius 3 is 2.78 bits per heavy atom. The summed E-state index contributed by atoms with van der Waals surface area (Å²) in [6.07, 6.45) is 2.27. The number of benzene rings is 1. The molecular weight excluding hydrogens is 342 g/mol. The number of pyridine rings is 1. The van der Waals surface area contributed by atoms with Gasteiger partial charge in [0.15, 0.2) is 0 Å². The molecule has 0 aliphatic carbocycles. The first-order valence-corrected chi connectivity index (χ1v) is 9.48. The maximum Gasteiger partial charge on any atom is 0.272 e. The fourth-order valence-electron chi connectivity index (χ4n) is 3.51. The van der Waals surface area contributed by atoms with Crippen LogP contribution in [-0.4, -0.2) is 64.7 Å². The second-order valence-corrected chi connectivity index (χ2v) is 6.64. The molecule has 1 aliphatic rings. The highest BCUT2D eigenvalue weighted by molar-refractivity contribution is 5.92. The van der Waals surface area contributed by atoms with Gasteiger partial charge in [-0.3, -0.25) is 14.7 Å². The average molecular weight is 369 g/mol. The Morgan fingerprint density at radius 2 is 2.04 bits per heavy atom. The van der Waals surface area contributed by atoms with Crippen molar-refractivity contribution in [3.05, 3.63) is 59.9 Å². The van der Waals surface area contributed by atoms with Gasteiger partial charge in [-0.05, 0) is 31.5 Å². The van der Waals surface area contributed by atoms with Crippen molar-refractivity contribution in [2.45, 2.75) is 25.9 Å². The quantitative estimate of drug-likeness (QED) is 0.810. The summed E-state index contributed by atoms with van der Waals surface area (Å²) in [6, 6.07) is 13.5. The van der Waals surface area contributed by atoms with E-state index in [0.29, 0.717) is 31.8 Å². The number of nitrogens with zero attached hydrogens (tertiary/aromatic N) is 3. The number of aromatic nitrogens is 1. The van der Waals surface area contributed by atoms with Crippen LogP contribution < -0.4 is 4.74 Å². The monoisotopic (exact) mass is 369 g/mol. The number of rotatable bonds is 7. The zero-order chi connectivity index (χ0) is 19.1. The average Bonchev–Trinajstić information content (AvgIpc) is 2.71. The Labute approximate surface area is 160 Å². The second-order valence-electron chi connectivity index (χ2n) is 6.64. The normalized spacial score (nSPS) is 17.7. The molecule has 0 radical (unpaired) electrons. The van der Waals surface area contributed by atoms with Crippen molar-refractivity contribution in [1.82, 2.24) is 14.8 Å². The summed E-state index contributed by atoms with van der Waals surface area (Å²) in [4.78, 5) is 21.1. The Kier molecular flexibility index (Phi) is 6.79. The molecule has 1 aromatic carbocycles. The molecule has 2 heterocycles. The molecule has 0 bridgehead atoms. The van der Waals surface area contributed by atoms with Crippen LogP contribution in [0.15, 0.2) is 48.7 Å². The third kappa shape index (κ3) is 4.84. The van der Waals surface area contributed by atoms with Gasteiger partial charge in [-0.15, -0.1) is 0 Å². The minimum absolute atomic E-state index is 0.0482. The van der Waals surface area contributed by atoms with Gasteiger partial charge in [0.1, 0.15) is 11.4 Å². The lowest BCUT2D eigenvalue weighted by Gasteiger charge is -2.41. The fraction of sp³-hybridized carbons (Fsp3) is 0.429. The van der Waals surface area contributed by atoms with Gasteiger partial charge >= 0.3 is 0 Å². The molecule has 6 heteroatoms. The molecule has 0 saturated carbocycles. The van der Waals surface area contributed by atoms with Gasteiger partial charge in [-0.1, -0.05) is 24.3 Å². The lowest BCUT2D eigenvalue weighted by Crippen LogP contribution is -2.54. The zero-order valence-electron chi connectivity index (χ0n) is 15.8. The molecule has 1 atom stereocenters. The Balaban J connectivity index is 1.70. The lowest BCUT2D eigenvalue weighted by molar-refractivity contribution is 0.0388. The molecule has 3 rings (SSSR count). The topological polar surface area (TPSA) is 65.9 Å². The summed E-state index contributed by atoms with van der Waals surface area (Å²) in [6.45, 7) is 5.44. The van der Waals surface area contributed by atoms with Crippen molar-refractivity contribution in [3.8, 4) is 5.75 Å². The first-order chi connectivity index (χ1) is 13.2. The van der Waals surface area contributed by atoms with Gasteiger partial charge in [-0.25, -0.2) is 0 Å². The van der Waals surface area contributed by atoms with Crippen LogP contribution in [0.4, 0.5) is 0 Å². The van der Waals surface area contributed by atoms with Crippen molar-refractivity contribution in [3.63, 3.8) is 0 Å². The van der Waals surface area contributed by atoms with Crippen molar-refractivity contribution >= 4 is 5.91 Å². The minimum Gasteiger partial charge on any atom is -0.494 e. The molecule has 1 aromatic heterocycles. The summed E-state index contributed by atoms with van der Waals surface area (Å²) in [5.74, 6) is 0.850. The van der Waals surface area contributed by atoms with Gasteiger partial charge < -0.3 is 14.7 Å². The Hall–Kier alpha value is -2.44. The molecule has 1 N–H and O–H groups in total. The van der Waals surface area contributed by atoms with E-state index in [2.05, 4.69) is 16.0 Å². The van der Waals surface area contributed by atoms with Crippen LogP contribution in [-0.2, 0) is 6.54 Å². The van der Waals surface area contributed by atoms with Crippen LogP contribution in [0.5, 0.6) is 5.75 Å². The van der Waals surface area contributed by atoms with E-state index in [1.54, 1.807) is 18.3 Å². The number of ether oxygens (including phenoxy) is 1. The van der Waals surface area contributed by atoms with Gasteiger partial charge in [0.2, 0.25) is 0 Å². The summed E-state index contributed by atoms with van der Waals surface area (Å²) in [7, 11) is 0. The van der Waals surface area contributed by atoms with Gasteiger partial charge in [0.05, 0.1) is 6.61 Å². The molecule has 1 fully saturated rings.